The van der Waals surface area contributed by atoms with Crippen LogP contribution in [-0.4, -0.2) is 25.8 Å². The van der Waals surface area contributed by atoms with Gasteiger partial charge in [-0.05, 0) is 0 Å². The number of carbonyl (C=O) groups excluding carboxylic acids is 1. The predicted octanol–water partition coefficient (Wildman–Crippen LogP) is 0.557. The highest BCUT2D eigenvalue weighted by Crippen LogP contribution is 2.06. The van der Waals surface area contributed by atoms with Gasteiger partial charge in [-0.2, -0.15) is 4.98 Å². The zero-order chi connectivity index (χ0) is 12.4. The molecule has 2 heterocycles. The number of nitrogens with one attached hydrogen (secondary N) is 3. The van der Waals surface area contributed by atoms with Gasteiger partial charge in [-0.3, -0.25) is 19.9 Å². The average Bonchev–Trinajstić information content (AvgIpc) is 2.72. The van der Waals surface area contributed by atoms with E-state index in [1.807, 2.05) is 6.92 Å². The van der Waals surface area contributed by atoms with Crippen molar-refractivity contribution in [2.24, 2.45) is 0 Å². The van der Waals surface area contributed by atoms with Crippen molar-refractivity contribution in [1.29, 1.82) is 0 Å². The lowest BCUT2D eigenvalue weighted by Gasteiger charge is -2.00. The maximum Gasteiger partial charge on any atom is 0.278 e. The molecular weight excluding hydrogens is 222 g/mol. The molecule has 0 spiro atoms. The molecule has 7 heteroatoms. The maximum atomic E-state index is 11.7. The van der Waals surface area contributed by atoms with E-state index >= 15 is 0 Å². The standard InChI is InChI=1S/C10H13N5O2/c1-3-5-11-7-8(12-5)14-10(15-9(7)17)13-6(16)4-2/h3-4H2,1-2H3,(H3,11,12,13,14,15,16,17). The second-order valence-corrected chi connectivity index (χ2v) is 3.55. The Morgan fingerprint density at radius 3 is 2.71 bits per heavy atom. The smallest absolute Gasteiger partial charge is 0.278 e. The van der Waals surface area contributed by atoms with Gasteiger partial charge in [0, 0.05) is 12.8 Å². The Hall–Kier alpha value is -2.18. The highest BCUT2D eigenvalue weighted by Gasteiger charge is 2.09. The third-order valence-corrected chi connectivity index (χ3v) is 2.32. The third kappa shape index (κ3) is 2.17. The molecule has 0 atom stereocenters. The van der Waals surface area contributed by atoms with Crippen LogP contribution in [0.25, 0.3) is 11.2 Å². The highest BCUT2D eigenvalue weighted by molar-refractivity contribution is 5.89. The fraction of sp³-hybridized carbons (Fsp3) is 0.400. The van der Waals surface area contributed by atoms with Crippen LogP contribution in [0.3, 0.4) is 0 Å². The average molecular weight is 235 g/mol. The molecule has 0 unspecified atom stereocenters. The monoisotopic (exact) mass is 235 g/mol. The largest absolute Gasteiger partial charge is 0.336 e. The van der Waals surface area contributed by atoms with Crippen LogP contribution in [0, 0.1) is 0 Å². The number of hydrogen-bond donors (Lipinski definition) is 3. The molecule has 0 aliphatic carbocycles. The van der Waals surface area contributed by atoms with Gasteiger partial charge < -0.3 is 4.98 Å². The summed E-state index contributed by atoms with van der Waals surface area (Å²) in [6.45, 7) is 3.64. The number of nitrogens with zero attached hydrogens (tertiary/aromatic N) is 2. The number of rotatable bonds is 3. The molecule has 0 fully saturated rings. The van der Waals surface area contributed by atoms with Crippen LogP contribution in [0.1, 0.15) is 26.1 Å². The third-order valence-electron chi connectivity index (χ3n) is 2.32. The van der Waals surface area contributed by atoms with E-state index < -0.39 is 0 Å². The molecule has 7 nitrogen and oxygen atoms in total. The topological polar surface area (TPSA) is 104 Å². The van der Waals surface area contributed by atoms with E-state index in [9.17, 15) is 9.59 Å². The second kappa shape index (κ2) is 4.36. The number of amides is 1. The molecule has 0 aliphatic heterocycles. The zero-order valence-corrected chi connectivity index (χ0v) is 9.63. The van der Waals surface area contributed by atoms with Gasteiger partial charge in [0.05, 0.1) is 0 Å². The van der Waals surface area contributed by atoms with Crippen LogP contribution in [0.5, 0.6) is 0 Å². The van der Waals surface area contributed by atoms with E-state index in [1.165, 1.54) is 0 Å². The number of fused-ring (bicyclic) bond motifs is 1. The summed E-state index contributed by atoms with van der Waals surface area (Å²) in [5.74, 6) is 0.610. The molecule has 3 N–H and O–H groups in total. The number of aromatic amines is 2. The Morgan fingerprint density at radius 1 is 1.29 bits per heavy atom. The molecule has 2 aromatic heterocycles. The van der Waals surface area contributed by atoms with Crippen molar-refractivity contribution in [3.8, 4) is 0 Å². The number of H-pyrrole nitrogens is 2. The van der Waals surface area contributed by atoms with Crippen molar-refractivity contribution in [1.82, 2.24) is 19.9 Å². The van der Waals surface area contributed by atoms with Crippen LogP contribution in [-0.2, 0) is 11.2 Å². The fourth-order valence-corrected chi connectivity index (χ4v) is 1.40. The summed E-state index contributed by atoms with van der Waals surface area (Å²) >= 11 is 0. The summed E-state index contributed by atoms with van der Waals surface area (Å²) in [6, 6.07) is 0. The van der Waals surface area contributed by atoms with Gasteiger partial charge in [-0.25, -0.2) is 4.98 Å². The first kappa shape index (κ1) is 11.3. The predicted molar refractivity (Wildman–Crippen MR) is 62.8 cm³/mol. The molecule has 0 aliphatic rings. The van der Waals surface area contributed by atoms with Gasteiger partial charge in [0.2, 0.25) is 11.9 Å². The normalized spacial score (nSPS) is 10.7. The van der Waals surface area contributed by atoms with Crippen molar-refractivity contribution < 1.29 is 4.79 Å². The Kier molecular flexibility index (Phi) is 2.90. The minimum Gasteiger partial charge on any atom is -0.336 e. The van der Waals surface area contributed by atoms with Crippen LogP contribution in [0.4, 0.5) is 5.95 Å². The molecule has 0 aromatic carbocycles. The van der Waals surface area contributed by atoms with Gasteiger partial charge >= 0.3 is 0 Å². The van der Waals surface area contributed by atoms with Crippen molar-refractivity contribution in [3.05, 3.63) is 16.2 Å². The molecule has 0 saturated carbocycles. The van der Waals surface area contributed by atoms with Crippen LogP contribution < -0.4 is 10.9 Å². The van der Waals surface area contributed by atoms with Crippen molar-refractivity contribution in [2.75, 3.05) is 5.32 Å². The first-order chi connectivity index (χ1) is 8.13. The lowest BCUT2D eigenvalue weighted by Crippen LogP contribution is -2.17. The van der Waals surface area contributed by atoms with Gasteiger partial charge in [-0.1, -0.05) is 13.8 Å². The van der Waals surface area contributed by atoms with E-state index in [-0.39, 0.29) is 17.4 Å². The summed E-state index contributed by atoms with van der Waals surface area (Å²) in [6.07, 6.45) is 1.01. The Morgan fingerprint density at radius 2 is 2.06 bits per heavy atom. The van der Waals surface area contributed by atoms with Gasteiger partial charge in [-0.15, -0.1) is 0 Å². The number of anilines is 1. The zero-order valence-electron chi connectivity index (χ0n) is 9.63. The first-order valence-electron chi connectivity index (χ1n) is 5.42. The highest BCUT2D eigenvalue weighted by atomic mass is 16.2. The minimum atomic E-state index is -0.339. The molecule has 17 heavy (non-hydrogen) atoms. The number of carbonyl (C=O) groups is 1. The van der Waals surface area contributed by atoms with E-state index in [2.05, 4.69) is 25.3 Å². The van der Waals surface area contributed by atoms with Gasteiger partial charge in [0.1, 0.15) is 5.82 Å². The molecule has 90 valence electrons. The van der Waals surface area contributed by atoms with Crippen molar-refractivity contribution in [3.63, 3.8) is 0 Å². The molecule has 0 radical (unpaired) electrons. The summed E-state index contributed by atoms with van der Waals surface area (Å²) in [7, 11) is 0. The van der Waals surface area contributed by atoms with E-state index in [1.54, 1.807) is 6.92 Å². The van der Waals surface area contributed by atoms with E-state index in [0.717, 1.165) is 0 Å². The van der Waals surface area contributed by atoms with Crippen LogP contribution in [0.15, 0.2) is 4.79 Å². The van der Waals surface area contributed by atoms with E-state index in [4.69, 9.17) is 0 Å². The Labute approximate surface area is 96.7 Å². The van der Waals surface area contributed by atoms with Gasteiger partial charge in [0.15, 0.2) is 11.2 Å². The first-order valence-corrected chi connectivity index (χ1v) is 5.42. The van der Waals surface area contributed by atoms with Gasteiger partial charge in [0.25, 0.3) is 5.56 Å². The maximum absolute atomic E-state index is 11.7. The fourth-order valence-electron chi connectivity index (χ4n) is 1.40. The molecule has 2 aromatic rings. The Bertz CT molecular complexity index is 613. The van der Waals surface area contributed by atoms with Crippen molar-refractivity contribution in [2.45, 2.75) is 26.7 Å². The number of hydrogen-bond acceptors (Lipinski definition) is 4. The molecular formula is C10H13N5O2. The lowest BCUT2D eigenvalue weighted by atomic mass is 10.4. The number of aryl methyl sites for hydroxylation is 1. The molecule has 0 saturated heterocycles. The SMILES string of the molecule is CCC(=O)Nc1nc2nc(CC)[nH]c2c(=O)[nH]1. The number of aromatic nitrogens is 4. The quantitative estimate of drug-likeness (QED) is 0.722. The lowest BCUT2D eigenvalue weighted by molar-refractivity contribution is -0.115. The molecule has 0 bridgehead atoms. The second-order valence-electron chi connectivity index (χ2n) is 3.55. The molecule has 2 rings (SSSR count). The summed E-state index contributed by atoms with van der Waals surface area (Å²) in [5.41, 5.74) is 0.307. The summed E-state index contributed by atoms with van der Waals surface area (Å²) < 4.78 is 0. The van der Waals surface area contributed by atoms with Crippen LogP contribution in [0.2, 0.25) is 0 Å². The number of imidazole rings is 1. The molecule has 1 amide bonds. The van der Waals surface area contributed by atoms with Crippen molar-refractivity contribution >= 4 is 23.0 Å². The summed E-state index contributed by atoms with van der Waals surface area (Å²) in [5, 5.41) is 2.49. The van der Waals surface area contributed by atoms with Crippen LogP contribution >= 0.6 is 0 Å². The van der Waals surface area contributed by atoms with E-state index in [0.29, 0.717) is 29.8 Å². The summed E-state index contributed by atoms with van der Waals surface area (Å²) in [4.78, 5) is 36.4. The minimum absolute atomic E-state index is 0.128. The Balaban J connectivity index is 2.47.